The standard InChI is InChI=1S/C16H19N3OS2/c21-15(17-11-14-7-4-9-20-14)18-16-19(8-10-22-16)12-13-5-2-1-3-6-13/h1-3,5-6,8,10,14H,4,7,9,11-12H2,(H,17,21). The minimum absolute atomic E-state index is 0.271. The van der Waals surface area contributed by atoms with E-state index in [1.54, 1.807) is 11.3 Å². The van der Waals surface area contributed by atoms with Gasteiger partial charge in [0.1, 0.15) is 0 Å². The van der Waals surface area contributed by atoms with Crippen molar-refractivity contribution in [3.8, 4) is 0 Å². The van der Waals surface area contributed by atoms with Gasteiger partial charge in [0.2, 0.25) is 0 Å². The fourth-order valence-electron chi connectivity index (χ4n) is 2.42. The molecule has 0 bridgehead atoms. The highest BCUT2D eigenvalue weighted by atomic mass is 32.1. The number of benzene rings is 1. The van der Waals surface area contributed by atoms with E-state index in [4.69, 9.17) is 17.0 Å². The largest absolute Gasteiger partial charge is 0.376 e. The van der Waals surface area contributed by atoms with Crippen LogP contribution in [-0.4, -0.2) is 28.9 Å². The lowest BCUT2D eigenvalue weighted by atomic mass is 10.2. The van der Waals surface area contributed by atoms with Gasteiger partial charge in [-0.25, -0.2) is 0 Å². The smallest absolute Gasteiger partial charge is 0.195 e. The fraction of sp³-hybridized carbons (Fsp3) is 0.375. The molecule has 116 valence electrons. The van der Waals surface area contributed by atoms with E-state index in [9.17, 15) is 0 Å². The Bertz CT molecular complexity index is 672. The topological polar surface area (TPSA) is 38.5 Å². The number of thiazole rings is 1. The molecule has 1 aliphatic rings. The van der Waals surface area contributed by atoms with E-state index in [2.05, 4.69) is 27.0 Å². The molecule has 1 aromatic heterocycles. The molecule has 1 fully saturated rings. The third kappa shape index (κ3) is 4.25. The minimum atomic E-state index is 0.271. The van der Waals surface area contributed by atoms with Crippen LogP contribution >= 0.6 is 23.6 Å². The van der Waals surface area contributed by atoms with Gasteiger partial charge in [0.25, 0.3) is 0 Å². The SMILES string of the molecule is S=C(N=c1sccn1Cc1ccccc1)NCC1CCCO1. The molecular formula is C16H19N3OS2. The Morgan fingerprint density at radius 2 is 2.27 bits per heavy atom. The summed E-state index contributed by atoms with van der Waals surface area (Å²) in [4.78, 5) is 5.43. The van der Waals surface area contributed by atoms with E-state index >= 15 is 0 Å². The van der Waals surface area contributed by atoms with E-state index in [0.29, 0.717) is 5.11 Å². The summed E-state index contributed by atoms with van der Waals surface area (Å²) in [5.74, 6) is 0. The van der Waals surface area contributed by atoms with Gasteiger partial charge in [0.05, 0.1) is 6.10 Å². The maximum Gasteiger partial charge on any atom is 0.195 e. The summed E-state index contributed by atoms with van der Waals surface area (Å²) in [6.45, 7) is 2.40. The normalized spacial score (nSPS) is 18.5. The predicted molar refractivity (Wildman–Crippen MR) is 93.0 cm³/mol. The summed E-state index contributed by atoms with van der Waals surface area (Å²) >= 11 is 6.91. The quantitative estimate of drug-likeness (QED) is 0.874. The first-order valence-electron chi connectivity index (χ1n) is 7.43. The van der Waals surface area contributed by atoms with Crippen LogP contribution in [0.1, 0.15) is 18.4 Å². The van der Waals surface area contributed by atoms with Crippen molar-refractivity contribution in [3.63, 3.8) is 0 Å². The third-order valence-corrected chi connectivity index (χ3v) is 4.59. The second-order valence-electron chi connectivity index (χ2n) is 5.23. The van der Waals surface area contributed by atoms with Crippen molar-refractivity contribution in [1.29, 1.82) is 0 Å². The highest BCUT2D eigenvalue weighted by molar-refractivity contribution is 7.80. The molecule has 22 heavy (non-hydrogen) atoms. The number of thiocarbonyl (C=S) groups is 1. The van der Waals surface area contributed by atoms with Crippen LogP contribution in [0.3, 0.4) is 0 Å². The Hall–Kier alpha value is -1.50. The Kier molecular flexibility index (Phi) is 5.37. The summed E-state index contributed by atoms with van der Waals surface area (Å²) in [5.41, 5.74) is 1.25. The number of hydrogen-bond acceptors (Lipinski definition) is 3. The van der Waals surface area contributed by atoms with Gasteiger partial charge in [-0.2, -0.15) is 4.99 Å². The van der Waals surface area contributed by atoms with Crippen molar-refractivity contribution in [2.75, 3.05) is 13.2 Å². The Morgan fingerprint density at radius 3 is 3.05 bits per heavy atom. The van der Waals surface area contributed by atoms with Crippen LogP contribution in [-0.2, 0) is 11.3 Å². The number of hydrogen-bond donors (Lipinski definition) is 1. The van der Waals surface area contributed by atoms with Gasteiger partial charge in [0, 0.05) is 31.3 Å². The molecule has 1 N–H and O–H groups in total. The molecule has 4 nitrogen and oxygen atoms in total. The molecule has 2 heterocycles. The second-order valence-corrected chi connectivity index (χ2v) is 6.49. The van der Waals surface area contributed by atoms with E-state index in [1.165, 1.54) is 5.56 Å². The Balaban J connectivity index is 1.63. The van der Waals surface area contributed by atoms with E-state index in [-0.39, 0.29) is 6.10 Å². The van der Waals surface area contributed by atoms with E-state index in [1.807, 2.05) is 29.8 Å². The Labute approximate surface area is 139 Å². The van der Waals surface area contributed by atoms with Gasteiger partial charge in [-0.15, -0.1) is 11.3 Å². The van der Waals surface area contributed by atoms with Gasteiger partial charge in [-0.1, -0.05) is 30.3 Å². The maximum absolute atomic E-state index is 5.57. The zero-order valence-electron chi connectivity index (χ0n) is 12.3. The molecule has 3 rings (SSSR count). The van der Waals surface area contributed by atoms with Crippen LogP contribution in [0, 0.1) is 0 Å². The zero-order valence-corrected chi connectivity index (χ0v) is 13.9. The summed E-state index contributed by atoms with van der Waals surface area (Å²) in [6.07, 6.45) is 4.55. The monoisotopic (exact) mass is 333 g/mol. The molecule has 6 heteroatoms. The first kappa shape index (κ1) is 15.4. The molecule has 2 aromatic rings. The molecule has 1 saturated heterocycles. The summed E-state index contributed by atoms with van der Waals surface area (Å²) in [5, 5.41) is 5.75. The van der Waals surface area contributed by atoms with Crippen molar-refractivity contribution >= 4 is 28.7 Å². The highest BCUT2D eigenvalue weighted by Crippen LogP contribution is 2.10. The molecule has 0 spiro atoms. The van der Waals surface area contributed by atoms with Crippen molar-refractivity contribution < 1.29 is 4.74 Å². The minimum Gasteiger partial charge on any atom is -0.376 e. The maximum atomic E-state index is 5.57. The average Bonchev–Trinajstić information content (AvgIpc) is 3.19. The number of ether oxygens (including phenoxy) is 1. The number of aromatic nitrogens is 1. The number of nitrogens with zero attached hydrogens (tertiary/aromatic N) is 2. The molecular weight excluding hydrogens is 314 g/mol. The summed E-state index contributed by atoms with van der Waals surface area (Å²) in [6, 6.07) is 10.3. The van der Waals surface area contributed by atoms with Crippen molar-refractivity contribution in [3.05, 3.63) is 52.3 Å². The fourth-order valence-corrected chi connectivity index (χ4v) is 3.38. The van der Waals surface area contributed by atoms with Crippen LogP contribution in [0.4, 0.5) is 0 Å². The van der Waals surface area contributed by atoms with Crippen LogP contribution in [0.2, 0.25) is 0 Å². The van der Waals surface area contributed by atoms with Crippen LogP contribution in [0.5, 0.6) is 0 Å². The van der Waals surface area contributed by atoms with Crippen molar-refractivity contribution in [2.45, 2.75) is 25.5 Å². The molecule has 1 aliphatic heterocycles. The van der Waals surface area contributed by atoms with E-state index in [0.717, 1.165) is 37.3 Å². The van der Waals surface area contributed by atoms with Crippen LogP contribution in [0.15, 0.2) is 46.9 Å². The molecule has 0 amide bonds. The van der Waals surface area contributed by atoms with Gasteiger partial charge >= 0.3 is 0 Å². The zero-order chi connectivity index (χ0) is 15.2. The average molecular weight is 333 g/mol. The van der Waals surface area contributed by atoms with Crippen LogP contribution < -0.4 is 10.1 Å². The summed E-state index contributed by atoms with van der Waals surface area (Å²) < 4.78 is 7.69. The molecule has 1 aromatic carbocycles. The molecule has 0 radical (unpaired) electrons. The summed E-state index contributed by atoms with van der Waals surface area (Å²) in [7, 11) is 0. The van der Waals surface area contributed by atoms with Gasteiger partial charge in [-0.3, -0.25) is 0 Å². The second kappa shape index (κ2) is 7.67. The molecule has 0 saturated carbocycles. The number of rotatable bonds is 4. The lowest BCUT2D eigenvalue weighted by molar-refractivity contribution is 0.114. The predicted octanol–water partition coefficient (Wildman–Crippen LogP) is 2.55. The molecule has 0 aliphatic carbocycles. The van der Waals surface area contributed by atoms with Gasteiger partial charge in [0.15, 0.2) is 9.91 Å². The first-order valence-corrected chi connectivity index (χ1v) is 8.72. The van der Waals surface area contributed by atoms with Gasteiger partial charge in [-0.05, 0) is 30.6 Å². The number of nitrogens with one attached hydrogen (secondary N) is 1. The molecule has 1 unspecified atom stereocenters. The van der Waals surface area contributed by atoms with Gasteiger partial charge < -0.3 is 14.6 Å². The van der Waals surface area contributed by atoms with Crippen LogP contribution in [0.25, 0.3) is 0 Å². The lowest BCUT2D eigenvalue weighted by Gasteiger charge is -2.10. The molecule has 1 atom stereocenters. The van der Waals surface area contributed by atoms with Crippen molar-refractivity contribution in [1.82, 2.24) is 9.88 Å². The first-order chi connectivity index (χ1) is 10.8. The Morgan fingerprint density at radius 1 is 1.41 bits per heavy atom. The third-order valence-electron chi connectivity index (χ3n) is 3.56. The van der Waals surface area contributed by atoms with Crippen molar-refractivity contribution in [2.24, 2.45) is 4.99 Å². The lowest BCUT2D eigenvalue weighted by Crippen LogP contribution is -2.31. The van der Waals surface area contributed by atoms with E-state index < -0.39 is 0 Å². The highest BCUT2D eigenvalue weighted by Gasteiger charge is 2.15.